The minimum absolute atomic E-state index is 0.923. The molecule has 0 aliphatic heterocycles. The summed E-state index contributed by atoms with van der Waals surface area (Å²) in [7, 11) is 0. The van der Waals surface area contributed by atoms with Crippen molar-refractivity contribution >= 4 is 26.8 Å². The number of rotatable bonds is 13. The van der Waals surface area contributed by atoms with Gasteiger partial charge in [-0.05, 0) is 44.2 Å². The van der Waals surface area contributed by atoms with E-state index in [1.807, 2.05) is 0 Å². The SMILES string of the molecule is BrCCCCCCOCCCCCCc1ccc2ccccc2n1. The van der Waals surface area contributed by atoms with E-state index in [9.17, 15) is 0 Å². The van der Waals surface area contributed by atoms with Crippen LogP contribution < -0.4 is 0 Å². The van der Waals surface area contributed by atoms with Crippen LogP contribution in [0.4, 0.5) is 0 Å². The molecule has 0 N–H and O–H groups in total. The standard InChI is InChI=1S/C21H30BrNO/c22-16-8-2-4-10-18-24-17-9-3-1-5-12-20-15-14-19-11-6-7-13-21(19)23-20/h6-7,11,13-15H,1-5,8-10,12,16-18H2. The van der Waals surface area contributed by atoms with E-state index in [1.165, 1.54) is 62.4 Å². The lowest BCUT2D eigenvalue weighted by Gasteiger charge is -2.05. The molecule has 0 radical (unpaired) electrons. The summed E-state index contributed by atoms with van der Waals surface area (Å²) in [5.74, 6) is 0. The van der Waals surface area contributed by atoms with E-state index < -0.39 is 0 Å². The zero-order valence-electron chi connectivity index (χ0n) is 14.7. The first-order valence-corrected chi connectivity index (χ1v) is 10.5. The highest BCUT2D eigenvalue weighted by molar-refractivity contribution is 9.09. The minimum Gasteiger partial charge on any atom is -0.381 e. The first-order valence-electron chi connectivity index (χ1n) is 9.38. The molecule has 0 saturated heterocycles. The molecule has 2 aromatic rings. The molecule has 24 heavy (non-hydrogen) atoms. The summed E-state index contributed by atoms with van der Waals surface area (Å²) in [5.41, 5.74) is 2.33. The molecule has 0 spiro atoms. The van der Waals surface area contributed by atoms with Crippen LogP contribution in [0.1, 0.15) is 57.1 Å². The van der Waals surface area contributed by atoms with E-state index in [-0.39, 0.29) is 0 Å². The number of hydrogen-bond acceptors (Lipinski definition) is 2. The van der Waals surface area contributed by atoms with Crippen molar-refractivity contribution in [2.75, 3.05) is 18.5 Å². The second-order valence-electron chi connectivity index (χ2n) is 6.38. The number of halogens is 1. The predicted octanol–water partition coefficient (Wildman–Crippen LogP) is 6.31. The number of hydrogen-bond donors (Lipinski definition) is 0. The number of aromatic nitrogens is 1. The maximum Gasteiger partial charge on any atom is 0.0705 e. The van der Waals surface area contributed by atoms with Crippen molar-refractivity contribution in [2.45, 2.75) is 57.8 Å². The highest BCUT2D eigenvalue weighted by Crippen LogP contribution is 2.14. The van der Waals surface area contributed by atoms with Crippen LogP contribution in [0.2, 0.25) is 0 Å². The van der Waals surface area contributed by atoms with Gasteiger partial charge >= 0.3 is 0 Å². The number of nitrogens with zero attached hydrogens (tertiary/aromatic N) is 1. The second kappa shape index (κ2) is 12.4. The van der Waals surface area contributed by atoms with E-state index >= 15 is 0 Å². The fourth-order valence-electron chi connectivity index (χ4n) is 2.87. The van der Waals surface area contributed by atoms with Gasteiger partial charge in [0.05, 0.1) is 5.52 Å². The van der Waals surface area contributed by atoms with Crippen molar-refractivity contribution in [1.82, 2.24) is 4.98 Å². The molecule has 0 aliphatic carbocycles. The molecule has 0 fully saturated rings. The Bertz CT molecular complexity index is 573. The Balaban J connectivity index is 1.46. The number of para-hydroxylation sites is 1. The summed E-state index contributed by atoms with van der Waals surface area (Å²) in [6, 6.07) is 12.7. The number of benzene rings is 1. The summed E-state index contributed by atoms with van der Waals surface area (Å²) < 4.78 is 5.70. The Hall–Kier alpha value is -0.930. The summed E-state index contributed by atoms with van der Waals surface area (Å²) in [6.45, 7) is 1.86. The number of pyridine rings is 1. The van der Waals surface area contributed by atoms with Crippen LogP contribution in [-0.4, -0.2) is 23.5 Å². The van der Waals surface area contributed by atoms with Gasteiger partial charge in [-0.1, -0.05) is 65.9 Å². The molecule has 1 aromatic heterocycles. The van der Waals surface area contributed by atoms with Gasteiger partial charge in [-0.25, -0.2) is 0 Å². The maximum atomic E-state index is 5.70. The Morgan fingerprint density at radius 3 is 2.25 bits per heavy atom. The lowest BCUT2D eigenvalue weighted by atomic mass is 10.1. The molecule has 2 rings (SSSR count). The van der Waals surface area contributed by atoms with Crippen molar-refractivity contribution < 1.29 is 4.74 Å². The van der Waals surface area contributed by atoms with Crippen LogP contribution in [0, 0.1) is 0 Å². The molecule has 0 atom stereocenters. The van der Waals surface area contributed by atoms with E-state index in [4.69, 9.17) is 9.72 Å². The molecule has 0 amide bonds. The molecular weight excluding hydrogens is 362 g/mol. The van der Waals surface area contributed by atoms with Gasteiger partial charge in [0, 0.05) is 29.6 Å². The number of aryl methyl sites for hydroxylation is 1. The highest BCUT2D eigenvalue weighted by atomic mass is 79.9. The average Bonchev–Trinajstić information content (AvgIpc) is 2.62. The van der Waals surface area contributed by atoms with Gasteiger partial charge in [-0.15, -0.1) is 0 Å². The maximum absolute atomic E-state index is 5.70. The van der Waals surface area contributed by atoms with Gasteiger partial charge in [-0.2, -0.15) is 0 Å². The zero-order chi connectivity index (χ0) is 16.9. The Kier molecular flexibility index (Phi) is 10.0. The van der Waals surface area contributed by atoms with Crippen LogP contribution in [0.5, 0.6) is 0 Å². The molecule has 2 nitrogen and oxygen atoms in total. The number of ether oxygens (including phenoxy) is 1. The fourth-order valence-corrected chi connectivity index (χ4v) is 3.26. The largest absolute Gasteiger partial charge is 0.381 e. The lowest BCUT2D eigenvalue weighted by molar-refractivity contribution is 0.126. The minimum atomic E-state index is 0.923. The fraction of sp³-hybridized carbons (Fsp3) is 0.571. The first kappa shape index (κ1) is 19.4. The van der Waals surface area contributed by atoms with E-state index in [2.05, 4.69) is 52.3 Å². The number of alkyl halides is 1. The van der Waals surface area contributed by atoms with E-state index in [0.717, 1.165) is 30.5 Å². The smallest absolute Gasteiger partial charge is 0.0705 e. The Morgan fingerprint density at radius 2 is 1.46 bits per heavy atom. The third-order valence-corrected chi connectivity index (χ3v) is 4.86. The zero-order valence-corrected chi connectivity index (χ0v) is 16.3. The van der Waals surface area contributed by atoms with Crippen molar-refractivity contribution in [3.63, 3.8) is 0 Å². The first-order chi connectivity index (χ1) is 11.9. The van der Waals surface area contributed by atoms with Crippen molar-refractivity contribution in [3.05, 3.63) is 42.1 Å². The van der Waals surface area contributed by atoms with Gasteiger partial charge in [0.1, 0.15) is 0 Å². The lowest BCUT2D eigenvalue weighted by Crippen LogP contribution is -1.97. The Morgan fingerprint density at radius 1 is 0.750 bits per heavy atom. The van der Waals surface area contributed by atoms with Crippen LogP contribution in [0.15, 0.2) is 36.4 Å². The van der Waals surface area contributed by atoms with E-state index in [1.54, 1.807) is 0 Å². The summed E-state index contributed by atoms with van der Waals surface area (Å²) >= 11 is 3.46. The summed E-state index contributed by atoms with van der Waals surface area (Å²) in [5, 5.41) is 2.35. The predicted molar refractivity (Wildman–Crippen MR) is 107 cm³/mol. The quantitative estimate of drug-likeness (QED) is 0.294. The third-order valence-electron chi connectivity index (χ3n) is 4.30. The van der Waals surface area contributed by atoms with Crippen LogP contribution in [0.3, 0.4) is 0 Å². The monoisotopic (exact) mass is 391 g/mol. The van der Waals surface area contributed by atoms with Gasteiger partial charge in [0.2, 0.25) is 0 Å². The summed E-state index contributed by atoms with van der Waals surface area (Å²) in [6.07, 6.45) is 11.1. The molecule has 0 bridgehead atoms. The van der Waals surface area contributed by atoms with Crippen LogP contribution in [-0.2, 0) is 11.2 Å². The normalized spacial score (nSPS) is 11.2. The van der Waals surface area contributed by atoms with Gasteiger partial charge in [0.15, 0.2) is 0 Å². The highest BCUT2D eigenvalue weighted by Gasteiger charge is 1.98. The topological polar surface area (TPSA) is 22.1 Å². The van der Waals surface area contributed by atoms with Gasteiger partial charge < -0.3 is 4.74 Å². The van der Waals surface area contributed by atoms with Crippen molar-refractivity contribution in [1.29, 1.82) is 0 Å². The van der Waals surface area contributed by atoms with Crippen LogP contribution >= 0.6 is 15.9 Å². The van der Waals surface area contributed by atoms with Gasteiger partial charge in [0.25, 0.3) is 0 Å². The number of unbranched alkanes of at least 4 members (excludes halogenated alkanes) is 6. The van der Waals surface area contributed by atoms with Gasteiger partial charge in [-0.3, -0.25) is 4.98 Å². The molecule has 3 heteroatoms. The average molecular weight is 392 g/mol. The second-order valence-corrected chi connectivity index (χ2v) is 7.17. The molecule has 0 aliphatic rings. The van der Waals surface area contributed by atoms with Crippen LogP contribution in [0.25, 0.3) is 10.9 Å². The molecular formula is C21H30BrNO. The summed E-state index contributed by atoms with van der Waals surface area (Å²) in [4.78, 5) is 4.74. The number of fused-ring (bicyclic) bond motifs is 1. The molecule has 1 aromatic carbocycles. The Labute approximate surface area is 155 Å². The van der Waals surface area contributed by atoms with E-state index in [0.29, 0.717) is 0 Å². The molecule has 0 saturated carbocycles. The third kappa shape index (κ3) is 7.76. The van der Waals surface area contributed by atoms with Crippen molar-refractivity contribution in [3.8, 4) is 0 Å². The molecule has 0 unspecified atom stereocenters. The molecule has 132 valence electrons. The van der Waals surface area contributed by atoms with Crippen molar-refractivity contribution in [2.24, 2.45) is 0 Å². The molecule has 1 heterocycles.